The molecule has 10 heteroatoms. The number of hydrogen-bond acceptors (Lipinski definition) is 4. The van der Waals surface area contributed by atoms with E-state index in [0.717, 1.165) is 4.47 Å². The van der Waals surface area contributed by atoms with Crippen LogP contribution in [0.5, 0.6) is 0 Å². The monoisotopic (exact) mass is 477 g/mol. The Kier molecular flexibility index (Phi) is 6.19. The number of hydrazine groups is 1. The highest BCUT2D eigenvalue weighted by atomic mass is 79.9. The lowest BCUT2D eigenvalue weighted by atomic mass is 10.2. The van der Waals surface area contributed by atoms with E-state index in [1.807, 2.05) is 0 Å². The van der Waals surface area contributed by atoms with Gasteiger partial charge < -0.3 is 4.98 Å². The molecule has 2 rings (SSSR count). The van der Waals surface area contributed by atoms with Gasteiger partial charge >= 0.3 is 0 Å². The number of aromatic amines is 1. The summed E-state index contributed by atoms with van der Waals surface area (Å²) in [5.74, 6) is -2.39. The second kappa shape index (κ2) is 7.95. The van der Waals surface area contributed by atoms with Crippen molar-refractivity contribution in [1.82, 2.24) is 15.8 Å². The first-order valence-electron chi connectivity index (χ1n) is 6.63. The molecule has 0 aliphatic rings. The maximum Gasteiger partial charge on any atom is 0.286 e. The van der Waals surface area contributed by atoms with Gasteiger partial charge in [0.2, 0.25) is 0 Å². The first-order chi connectivity index (χ1) is 11.2. The molecule has 2 aromatic rings. The van der Waals surface area contributed by atoms with E-state index in [-0.39, 0.29) is 11.4 Å². The van der Waals surface area contributed by atoms with Gasteiger partial charge in [-0.2, -0.15) is 0 Å². The fourth-order valence-electron chi connectivity index (χ4n) is 1.86. The molecule has 1 aromatic heterocycles. The van der Waals surface area contributed by atoms with Gasteiger partial charge in [0.1, 0.15) is 11.4 Å². The first-order valence-corrected chi connectivity index (χ1v) is 10.0. The summed E-state index contributed by atoms with van der Waals surface area (Å²) in [5, 5.41) is 0. The first kappa shape index (κ1) is 18.7. The molecule has 0 unspecified atom stereocenters. The fourth-order valence-corrected chi connectivity index (χ4v) is 3.91. The van der Waals surface area contributed by atoms with Crippen molar-refractivity contribution in [3.05, 3.63) is 56.7 Å². The van der Waals surface area contributed by atoms with Crippen LogP contribution in [-0.2, 0) is 20.4 Å². The third kappa shape index (κ3) is 5.77. The van der Waals surface area contributed by atoms with Crippen LogP contribution < -0.4 is 10.9 Å². The minimum Gasteiger partial charge on any atom is -0.356 e. The largest absolute Gasteiger partial charge is 0.356 e. The Bertz CT molecular complexity index is 864. The maximum absolute atomic E-state index is 12.0. The van der Waals surface area contributed by atoms with Crippen LogP contribution in [0.2, 0.25) is 0 Å². The van der Waals surface area contributed by atoms with Crippen molar-refractivity contribution in [2.75, 3.05) is 5.75 Å². The van der Waals surface area contributed by atoms with Crippen LogP contribution in [0.3, 0.4) is 0 Å². The van der Waals surface area contributed by atoms with Crippen molar-refractivity contribution in [3.8, 4) is 0 Å². The van der Waals surface area contributed by atoms with E-state index in [0.29, 0.717) is 10.0 Å². The zero-order valence-corrected chi connectivity index (χ0v) is 16.2. The van der Waals surface area contributed by atoms with Crippen molar-refractivity contribution in [1.29, 1.82) is 0 Å². The average Bonchev–Trinajstić information content (AvgIpc) is 2.90. The third-order valence-electron chi connectivity index (χ3n) is 2.83. The molecule has 7 nitrogen and oxygen atoms in total. The van der Waals surface area contributed by atoms with Crippen LogP contribution in [0.25, 0.3) is 0 Å². The van der Waals surface area contributed by atoms with Crippen molar-refractivity contribution in [3.63, 3.8) is 0 Å². The zero-order valence-electron chi connectivity index (χ0n) is 12.2. The quantitative estimate of drug-likeness (QED) is 0.570. The van der Waals surface area contributed by atoms with E-state index in [1.165, 1.54) is 6.07 Å². The minimum atomic E-state index is -3.66. The van der Waals surface area contributed by atoms with Gasteiger partial charge in [-0.1, -0.05) is 28.1 Å². The molecule has 0 aliphatic carbocycles. The smallest absolute Gasteiger partial charge is 0.286 e. The van der Waals surface area contributed by atoms with Gasteiger partial charge in [-0.05, 0) is 39.7 Å². The molecule has 0 fully saturated rings. The van der Waals surface area contributed by atoms with E-state index in [9.17, 15) is 18.0 Å². The molecule has 0 saturated carbocycles. The SMILES string of the molecule is O=C(CS(=O)(=O)Cc1cccc(Br)c1)NNC(=O)c1cc(Br)c[nH]1. The van der Waals surface area contributed by atoms with Crippen LogP contribution in [0, 0.1) is 0 Å². The van der Waals surface area contributed by atoms with Crippen molar-refractivity contribution in [2.45, 2.75) is 5.75 Å². The van der Waals surface area contributed by atoms with E-state index >= 15 is 0 Å². The van der Waals surface area contributed by atoms with Gasteiger partial charge in [0.25, 0.3) is 11.8 Å². The van der Waals surface area contributed by atoms with Crippen LogP contribution in [0.4, 0.5) is 0 Å². The number of carbonyl (C=O) groups excluding carboxylic acids is 2. The second-order valence-electron chi connectivity index (χ2n) is 4.90. The molecular formula is C14H13Br2N3O4S. The maximum atomic E-state index is 12.0. The molecule has 0 saturated heterocycles. The summed E-state index contributed by atoms with van der Waals surface area (Å²) in [7, 11) is -3.66. The molecule has 1 heterocycles. The van der Waals surface area contributed by atoms with Crippen LogP contribution in [0.15, 0.2) is 45.5 Å². The minimum absolute atomic E-state index is 0.221. The normalized spacial score (nSPS) is 11.1. The second-order valence-corrected chi connectivity index (χ2v) is 8.79. The fraction of sp³-hybridized carbons (Fsp3) is 0.143. The summed E-state index contributed by atoms with van der Waals surface area (Å²) in [6.07, 6.45) is 1.55. The number of carbonyl (C=O) groups is 2. The molecule has 0 radical (unpaired) electrons. The molecule has 0 aliphatic heterocycles. The number of amides is 2. The number of H-pyrrole nitrogens is 1. The predicted molar refractivity (Wildman–Crippen MR) is 95.7 cm³/mol. The number of aromatic nitrogens is 1. The summed E-state index contributed by atoms with van der Waals surface area (Å²) in [6, 6.07) is 8.33. The topological polar surface area (TPSA) is 108 Å². The van der Waals surface area contributed by atoms with Crippen LogP contribution in [0.1, 0.15) is 16.1 Å². The predicted octanol–water partition coefficient (Wildman–Crippen LogP) is 1.92. The molecule has 128 valence electrons. The summed E-state index contributed by atoms with van der Waals surface area (Å²) < 4.78 is 25.5. The van der Waals surface area contributed by atoms with Gasteiger partial charge in [-0.3, -0.25) is 20.4 Å². The van der Waals surface area contributed by atoms with E-state index in [4.69, 9.17) is 0 Å². The van der Waals surface area contributed by atoms with E-state index in [2.05, 4.69) is 47.7 Å². The Balaban J connectivity index is 1.87. The highest BCUT2D eigenvalue weighted by Crippen LogP contribution is 2.14. The molecule has 3 N–H and O–H groups in total. The Morgan fingerprint density at radius 2 is 1.83 bits per heavy atom. The number of benzene rings is 1. The summed E-state index contributed by atoms with van der Waals surface area (Å²) >= 11 is 6.43. The Labute approximate surface area is 155 Å². The molecule has 0 bridgehead atoms. The zero-order chi connectivity index (χ0) is 17.7. The molecule has 0 spiro atoms. The Morgan fingerprint density at radius 3 is 2.46 bits per heavy atom. The van der Waals surface area contributed by atoms with Gasteiger partial charge in [0.05, 0.1) is 5.75 Å². The summed E-state index contributed by atoms with van der Waals surface area (Å²) in [5.41, 5.74) is 5.01. The molecule has 0 atom stereocenters. The van der Waals surface area contributed by atoms with Crippen LogP contribution in [-0.4, -0.2) is 31.0 Å². The number of nitrogens with one attached hydrogen (secondary N) is 3. The number of rotatable bonds is 5. The number of hydrogen-bond donors (Lipinski definition) is 3. The third-order valence-corrected chi connectivity index (χ3v) is 5.26. The molecule has 2 amide bonds. The lowest BCUT2D eigenvalue weighted by Crippen LogP contribution is -2.44. The Morgan fingerprint density at radius 1 is 1.08 bits per heavy atom. The van der Waals surface area contributed by atoms with E-state index in [1.54, 1.807) is 30.5 Å². The highest BCUT2D eigenvalue weighted by Gasteiger charge is 2.18. The highest BCUT2D eigenvalue weighted by molar-refractivity contribution is 9.10. The van der Waals surface area contributed by atoms with Crippen molar-refractivity contribution < 1.29 is 18.0 Å². The average molecular weight is 479 g/mol. The van der Waals surface area contributed by atoms with E-state index < -0.39 is 27.4 Å². The standard InChI is InChI=1S/C14H13Br2N3O4S/c15-10-3-1-2-9(4-10)7-24(22,23)8-13(20)18-19-14(21)12-5-11(16)6-17-12/h1-6,17H,7-8H2,(H,18,20)(H,19,21). The number of halogens is 2. The van der Waals surface area contributed by atoms with Gasteiger partial charge in [0, 0.05) is 15.1 Å². The van der Waals surface area contributed by atoms with Crippen LogP contribution >= 0.6 is 31.9 Å². The van der Waals surface area contributed by atoms with Gasteiger partial charge in [-0.15, -0.1) is 0 Å². The lowest BCUT2D eigenvalue weighted by Gasteiger charge is -2.07. The van der Waals surface area contributed by atoms with Gasteiger partial charge in [0.15, 0.2) is 9.84 Å². The summed E-state index contributed by atoms with van der Waals surface area (Å²) in [6.45, 7) is 0. The van der Waals surface area contributed by atoms with Gasteiger partial charge in [-0.25, -0.2) is 8.42 Å². The van der Waals surface area contributed by atoms with Crippen molar-refractivity contribution >= 4 is 53.5 Å². The molecule has 24 heavy (non-hydrogen) atoms. The van der Waals surface area contributed by atoms with Crippen molar-refractivity contribution in [2.24, 2.45) is 0 Å². The Hall–Kier alpha value is -1.65. The number of sulfone groups is 1. The summed E-state index contributed by atoms with van der Waals surface area (Å²) in [4.78, 5) is 26.1. The molecular weight excluding hydrogens is 466 g/mol. The lowest BCUT2D eigenvalue weighted by molar-refractivity contribution is -0.119. The molecule has 1 aromatic carbocycles.